The lowest BCUT2D eigenvalue weighted by atomic mass is 10.1. The molecule has 2 rings (SSSR count). The lowest BCUT2D eigenvalue weighted by Gasteiger charge is -2.07. The fourth-order valence-electron chi connectivity index (χ4n) is 1.50. The summed E-state index contributed by atoms with van der Waals surface area (Å²) in [5.41, 5.74) is -0.636. The topological polar surface area (TPSA) is 63.1 Å². The standard InChI is InChI=1S/C12H6ClF3N2O2/c13-10-8(11(19)20)5-9(17-18-10)6-1-3-7(4-2-6)12(14,15)16/h1-5H,(H,19,20). The molecule has 104 valence electrons. The molecule has 0 aliphatic rings. The van der Waals surface area contributed by atoms with Gasteiger partial charge in [0.05, 0.1) is 11.3 Å². The molecule has 0 saturated heterocycles. The Labute approximate surface area is 115 Å². The second-order valence-electron chi connectivity index (χ2n) is 3.81. The number of rotatable bonds is 2. The van der Waals surface area contributed by atoms with Gasteiger partial charge in [0.2, 0.25) is 0 Å². The summed E-state index contributed by atoms with van der Waals surface area (Å²) in [4.78, 5) is 10.9. The number of nitrogens with zero attached hydrogens (tertiary/aromatic N) is 2. The Hall–Kier alpha value is -2.15. The maximum Gasteiger partial charge on any atom is 0.416 e. The first-order valence-corrected chi connectivity index (χ1v) is 5.61. The molecule has 20 heavy (non-hydrogen) atoms. The van der Waals surface area contributed by atoms with E-state index in [0.29, 0.717) is 5.56 Å². The van der Waals surface area contributed by atoms with Crippen molar-refractivity contribution in [3.8, 4) is 11.3 Å². The van der Waals surface area contributed by atoms with Crippen molar-refractivity contribution in [2.24, 2.45) is 0 Å². The first-order chi connectivity index (χ1) is 9.29. The second-order valence-corrected chi connectivity index (χ2v) is 4.17. The van der Waals surface area contributed by atoms with Crippen LogP contribution in [-0.2, 0) is 6.18 Å². The van der Waals surface area contributed by atoms with Crippen LogP contribution >= 0.6 is 11.6 Å². The third kappa shape index (κ3) is 2.88. The number of aromatic nitrogens is 2. The predicted octanol–water partition coefficient (Wildman–Crippen LogP) is 3.51. The number of benzene rings is 1. The molecule has 8 heteroatoms. The fourth-order valence-corrected chi connectivity index (χ4v) is 1.67. The Bertz CT molecular complexity index is 657. The first kappa shape index (κ1) is 14.3. The van der Waals surface area contributed by atoms with Crippen LogP contribution < -0.4 is 0 Å². The molecule has 1 aromatic heterocycles. The van der Waals surface area contributed by atoms with E-state index in [1.807, 2.05) is 0 Å². The molecule has 0 radical (unpaired) electrons. The van der Waals surface area contributed by atoms with Crippen LogP contribution in [-0.4, -0.2) is 21.3 Å². The zero-order valence-electron chi connectivity index (χ0n) is 9.65. The number of hydrogen-bond acceptors (Lipinski definition) is 3. The number of hydrogen-bond donors (Lipinski definition) is 1. The van der Waals surface area contributed by atoms with E-state index >= 15 is 0 Å². The van der Waals surface area contributed by atoms with Gasteiger partial charge in [-0.25, -0.2) is 4.79 Å². The fraction of sp³-hybridized carbons (Fsp3) is 0.0833. The maximum absolute atomic E-state index is 12.4. The van der Waals surface area contributed by atoms with Gasteiger partial charge in [0, 0.05) is 5.56 Å². The lowest BCUT2D eigenvalue weighted by molar-refractivity contribution is -0.137. The van der Waals surface area contributed by atoms with Gasteiger partial charge < -0.3 is 5.11 Å². The third-order valence-corrected chi connectivity index (χ3v) is 2.77. The van der Waals surface area contributed by atoms with Crippen molar-refractivity contribution >= 4 is 17.6 Å². The predicted molar refractivity (Wildman–Crippen MR) is 64.4 cm³/mol. The van der Waals surface area contributed by atoms with Crippen LogP contribution in [0.3, 0.4) is 0 Å². The highest BCUT2D eigenvalue weighted by atomic mass is 35.5. The number of halogens is 4. The molecule has 0 aliphatic carbocycles. The monoisotopic (exact) mass is 302 g/mol. The Morgan fingerprint density at radius 3 is 2.25 bits per heavy atom. The van der Waals surface area contributed by atoms with Gasteiger partial charge in [-0.05, 0) is 18.2 Å². The van der Waals surface area contributed by atoms with Crippen LogP contribution in [0, 0.1) is 0 Å². The molecule has 0 atom stereocenters. The summed E-state index contributed by atoms with van der Waals surface area (Å²) in [6.07, 6.45) is -4.43. The number of carbonyl (C=O) groups is 1. The molecule has 1 N–H and O–H groups in total. The van der Waals surface area contributed by atoms with Gasteiger partial charge >= 0.3 is 12.1 Å². The largest absolute Gasteiger partial charge is 0.478 e. The Morgan fingerprint density at radius 2 is 1.75 bits per heavy atom. The van der Waals surface area contributed by atoms with Crippen molar-refractivity contribution in [2.75, 3.05) is 0 Å². The van der Waals surface area contributed by atoms with E-state index in [9.17, 15) is 18.0 Å². The number of alkyl halides is 3. The van der Waals surface area contributed by atoms with Crippen LogP contribution in [0.25, 0.3) is 11.3 Å². The number of carboxylic acid groups (broad SMARTS) is 1. The van der Waals surface area contributed by atoms with E-state index < -0.39 is 17.7 Å². The normalized spacial score (nSPS) is 11.4. The molecular formula is C12H6ClF3N2O2. The smallest absolute Gasteiger partial charge is 0.416 e. The van der Waals surface area contributed by atoms with E-state index in [2.05, 4.69) is 10.2 Å². The summed E-state index contributed by atoms with van der Waals surface area (Å²) >= 11 is 5.56. The molecule has 1 heterocycles. The molecular weight excluding hydrogens is 297 g/mol. The Kier molecular flexibility index (Phi) is 3.63. The maximum atomic E-state index is 12.4. The van der Waals surface area contributed by atoms with E-state index in [1.54, 1.807) is 0 Å². The van der Waals surface area contributed by atoms with Gasteiger partial charge in [0.1, 0.15) is 5.56 Å². The highest BCUT2D eigenvalue weighted by Gasteiger charge is 2.30. The molecule has 0 aliphatic heterocycles. The molecule has 0 amide bonds. The Balaban J connectivity index is 2.42. The van der Waals surface area contributed by atoms with Crippen molar-refractivity contribution in [3.05, 3.63) is 46.6 Å². The lowest BCUT2D eigenvalue weighted by Crippen LogP contribution is -2.04. The summed E-state index contributed by atoms with van der Waals surface area (Å²) in [5, 5.41) is 15.7. The van der Waals surface area contributed by atoms with Crippen LogP contribution in [0.4, 0.5) is 13.2 Å². The highest BCUT2D eigenvalue weighted by Crippen LogP contribution is 2.30. The van der Waals surface area contributed by atoms with Gasteiger partial charge in [0.15, 0.2) is 5.15 Å². The minimum Gasteiger partial charge on any atom is -0.478 e. The van der Waals surface area contributed by atoms with Crippen molar-refractivity contribution in [1.29, 1.82) is 0 Å². The molecule has 0 unspecified atom stereocenters. The minimum atomic E-state index is -4.43. The van der Waals surface area contributed by atoms with Gasteiger partial charge in [-0.2, -0.15) is 13.2 Å². The summed E-state index contributed by atoms with van der Waals surface area (Å²) in [5.74, 6) is -1.29. The van der Waals surface area contributed by atoms with E-state index in [-0.39, 0.29) is 16.4 Å². The van der Waals surface area contributed by atoms with Gasteiger partial charge in [-0.3, -0.25) is 0 Å². The van der Waals surface area contributed by atoms with Crippen molar-refractivity contribution in [1.82, 2.24) is 10.2 Å². The van der Waals surface area contributed by atoms with Crippen LogP contribution in [0.2, 0.25) is 5.15 Å². The zero-order chi connectivity index (χ0) is 14.9. The number of aromatic carboxylic acids is 1. The SMILES string of the molecule is O=C(O)c1cc(-c2ccc(C(F)(F)F)cc2)nnc1Cl. The third-order valence-electron chi connectivity index (χ3n) is 2.49. The molecule has 4 nitrogen and oxygen atoms in total. The van der Waals surface area contributed by atoms with Crippen LogP contribution in [0.15, 0.2) is 30.3 Å². The molecule has 1 aromatic carbocycles. The molecule has 2 aromatic rings. The van der Waals surface area contributed by atoms with Gasteiger partial charge in [-0.1, -0.05) is 23.7 Å². The highest BCUT2D eigenvalue weighted by molar-refractivity contribution is 6.32. The summed E-state index contributed by atoms with van der Waals surface area (Å²) < 4.78 is 37.3. The van der Waals surface area contributed by atoms with E-state index in [0.717, 1.165) is 18.2 Å². The van der Waals surface area contributed by atoms with Crippen LogP contribution in [0.1, 0.15) is 15.9 Å². The number of carboxylic acids is 1. The van der Waals surface area contributed by atoms with Crippen molar-refractivity contribution in [2.45, 2.75) is 6.18 Å². The van der Waals surface area contributed by atoms with E-state index in [4.69, 9.17) is 16.7 Å². The quantitative estimate of drug-likeness (QED) is 0.922. The van der Waals surface area contributed by atoms with Gasteiger partial charge in [-0.15, -0.1) is 10.2 Å². The summed E-state index contributed by atoms with van der Waals surface area (Å²) in [6, 6.07) is 5.29. The molecule has 0 spiro atoms. The average molecular weight is 303 g/mol. The van der Waals surface area contributed by atoms with Crippen molar-refractivity contribution < 1.29 is 23.1 Å². The van der Waals surface area contributed by atoms with Crippen molar-refractivity contribution in [3.63, 3.8) is 0 Å². The molecule has 0 saturated carbocycles. The summed E-state index contributed by atoms with van der Waals surface area (Å²) in [7, 11) is 0. The minimum absolute atomic E-state index is 0.125. The summed E-state index contributed by atoms with van der Waals surface area (Å²) in [6.45, 7) is 0. The Morgan fingerprint density at radius 1 is 1.15 bits per heavy atom. The molecule has 0 bridgehead atoms. The van der Waals surface area contributed by atoms with E-state index in [1.165, 1.54) is 12.1 Å². The average Bonchev–Trinajstić information content (AvgIpc) is 2.38. The second kappa shape index (κ2) is 5.09. The zero-order valence-corrected chi connectivity index (χ0v) is 10.4. The van der Waals surface area contributed by atoms with Gasteiger partial charge in [0.25, 0.3) is 0 Å². The van der Waals surface area contributed by atoms with Crippen LogP contribution in [0.5, 0.6) is 0 Å². The first-order valence-electron chi connectivity index (χ1n) is 5.23. The molecule has 0 fully saturated rings.